The largest absolute Gasteiger partial charge is 0.508 e. The summed E-state index contributed by atoms with van der Waals surface area (Å²) in [4.78, 5) is 14.4. The van der Waals surface area contributed by atoms with Crippen LogP contribution in [0.5, 0.6) is 17.2 Å². The van der Waals surface area contributed by atoms with Crippen molar-refractivity contribution >= 4 is 11.6 Å². The van der Waals surface area contributed by atoms with Gasteiger partial charge >= 0.3 is 0 Å². The summed E-state index contributed by atoms with van der Waals surface area (Å²) in [5.74, 6) is 1.27. The summed E-state index contributed by atoms with van der Waals surface area (Å²) >= 11 is 0. The number of benzene rings is 2. The molecule has 124 valence electrons. The minimum Gasteiger partial charge on any atom is -0.508 e. The molecule has 0 bridgehead atoms. The number of hydrogen-bond donors (Lipinski definition) is 1. The van der Waals surface area contributed by atoms with Crippen LogP contribution in [0.4, 0.5) is 0 Å². The van der Waals surface area contributed by atoms with Crippen LogP contribution in [0, 0.1) is 0 Å². The first-order valence-electron chi connectivity index (χ1n) is 7.60. The normalized spacial score (nSPS) is 13.4. The molecule has 0 fully saturated rings. The molecule has 3 rings (SSSR count). The molecule has 0 aliphatic carbocycles. The van der Waals surface area contributed by atoms with Crippen LogP contribution in [-0.4, -0.2) is 36.7 Å². The zero-order chi connectivity index (χ0) is 17.3. The molecule has 2 aromatic carbocycles. The van der Waals surface area contributed by atoms with Gasteiger partial charge in [-0.25, -0.2) is 0 Å². The molecule has 0 saturated carbocycles. The Balaban J connectivity index is 1.94. The molecule has 0 saturated heterocycles. The number of carbonyl (C=O) groups is 1. The van der Waals surface area contributed by atoms with Crippen LogP contribution >= 0.6 is 0 Å². The van der Waals surface area contributed by atoms with Crippen molar-refractivity contribution in [3.63, 3.8) is 0 Å². The fourth-order valence-electron chi connectivity index (χ4n) is 2.89. The fraction of sp³-hybridized carbons (Fsp3) is 0.211. The molecule has 0 spiro atoms. The van der Waals surface area contributed by atoms with E-state index < -0.39 is 0 Å². The highest BCUT2D eigenvalue weighted by molar-refractivity contribution is 6.00. The Morgan fingerprint density at radius 3 is 2.38 bits per heavy atom. The number of aromatic hydroxyl groups is 1. The molecule has 0 unspecified atom stereocenters. The van der Waals surface area contributed by atoms with Crippen LogP contribution in [0.15, 0.2) is 43.0 Å². The van der Waals surface area contributed by atoms with E-state index >= 15 is 0 Å². The molecule has 0 atom stereocenters. The maximum absolute atomic E-state index is 12.7. The number of fused-ring (bicyclic) bond motifs is 1. The lowest BCUT2D eigenvalue weighted by atomic mass is 9.95. The molecule has 1 heterocycles. The van der Waals surface area contributed by atoms with E-state index in [4.69, 9.17) is 9.47 Å². The van der Waals surface area contributed by atoms with Gasteiger partial charge in [-0.15, -0.1) is 0 Å². The van der Waals surface area contributed by atoms with Crippen LogP contribution in [0.2, 0.25) is 0 Å². The molecule has 5 heteroatoms. The topological polar surface area (TPSA) is 59.0 Å². The highest BCUT2D eigenvalue weighted by atomic mass is 16.5. The summed E-state index contributed by atoms with van der Waals surface area (Å²) in [6.45, 7) is 4.63. The number of hydrogen-bond acceptors (Lipinski definition) is 4. The van der Waals surface area contributed by atoms with Gasteiger partial charge in [0.2, 0.25) is 0 Å². The second-order valence-electron chi connectivity index (χ2n) is 5.56. The van der Waals surface area contributed by atoms with Gasteiger partial charge < -0.3 is 19.5 Å². The van der Waals surface area contributed by atoms with E-state index in [1.165, 1.54) is 12.1 Å². The molecular weight excluding hydrogens is 306 g/mol. The van der Waals surface area contributed by atoms with Gasteiger partial charge in [0, 0.05) is 23.4 Å². The molecule has 1 N–H and O–H groups in total. The lowest BCUT2D eigenvalue weighted by molar-refractivity contribution is 0.0833. The zero-order valence-corrected chi connectivity index (χ0v) is 13.7. The van der Waals surface area contributed by atoms with Crippen LogP contribution in [0.1, 0.15) is 21.5 Å². The molecule has 1 amide bonds. The number of phenolic OH excluding ortho intramolecular Hbond substituents is 1. The van der Waals surface area contributed by atoms with Crippen molar-refractivity contribution in [2.75, 3.05) is 20.8 Å². The number of nitrogens with zero attached hydrogens (tertiary/aromatic N) is 1. The first-order valence-corrected chi connectivity index (χ1v) is 7.60. The summed E-state index contributed by atoms with van der Waals surface area (Å²) in [7, 11) is 3.18. The predicted molar refractivity (Wildman–Crippen MR) is 91.4 cm³/mol. The third kappa shape index (κ3) is 2.69. The second kappa shape index (κ2) is 6.28. The molecular formula is C19H19NO4. The fourth-order valence-corrected chi connectivity index (χ4v) is 2.89. The SMILES string of the molecule is C=C1c2cc(OC)c(OC)cc2CCN1C(=O)c1ccc(O)cc1. The Labute approximate surface area is 140 Å². The molecule has 1 aliphatic rings. The Bertz CT molecular complexity index is 796. The van der Waals surface area contributed by atoms with Crippen molar-refractivity contribution in [1.82, 2.24) is 4.90 Å². The first-order chi connectivity index (χ1) is 11.5. The molecule has 5 nitrogen and oxygen atoms in total. The van der Waals surface area contributed by atoms with Crippen molar-refractivity contribution in [3.05, 3.63) is 59.7 Å². The van der Waals surface area contributed by atoms with Crippen molar-refractivity contribution in [3.8, 4) is 17.2 Å². The Morgan fingerprint density at radius 2 is 1.75 bits per heavy atom. The minimum atomic E-state index is -0.138. The minimum absolute atomic E-state index is 0.131. The third-order valence-corrected chi connectivity index (χ3v) is 4.21. The monoisotopic (exact) mass is 325 g/mol. The Hall–Kier alpha value is -2.95. The number of phenols is 1. The van der Waals surface area contributed by atoms with Crippen LogP contribution in [0.3, 0.4) is 0 Å². The smallest absolute Gasteiger partial charge is 0.258 e. The van der Waals surface area contributed by atoms with Crippen molar-refractivity contribution in [2.24, 2.45) is 0 Å². The van der Waals surface area contributed by atoms with Crippen LogP contribution in [0.25, 0.3) is 5.70 Å². The molecule has 0 aromatic heterocycles. The van der Waals surface area contributed by atoms with E-state index in [1.54, 1.807) is 31.3 Å². The summed E-state index contributed by atoms with van der Waals surface area (Å²) < 4.78 is 10.7. The zero-order valence-electron chi connectivity index (χ0n) is 13.7. The Kier molecular flexibility index (Phi) is 4.16. The van der Waals surface area contributed by atoms with E-state index in [9.17, 15) is 9.90 Å². The predicted octanol–water partition coefficient (Wildman–Crippen LogP) is 3.08. The summed E-state index contributed by atoms with van der Waals surface area (Å²) in [5, 5.41) is 9.37. The highest BCUT2D eigenvalue weighted by Crippen LogP contribution is 2.37. The molecule has 2 aromatic rings. The summed E-state index contributed by atoms with van der Waals surface area (Å²) in [6.07, 6.45) is 0.707. The van der Waals surface area contributed by atoms with Gasteiger partial charge in [0.25, 0.3) is 5.91 Å². The van der Waals surface area contributed by atoms with Crippen LogP contribution < -0.4 is 9.47 Å². The van der Waals surface area contributed by atoms with Crippen molar-refractivity contribution in [1.29, 1.82) is 0 Å². The third-order valence-electron chi connectivity index (χ3n) is 4.21. The van der Waals surface area contributed by atoms with Gasteiger partial charge in [0.1, 0.15) is 5.75 Å². The first kappa shape index (κ1) is 15.9. The summed E-state index contributed by atoms with van der Waals surface area (Å²) in [6, 6.07) is 10.0. The lowest BCUT2D eigenvalue weighted by Gasteiger charge is -2.31. The van der Waals surface area contributed by atoms with Crippen LogP contribution in [-0.2, 0) is 6.42 Å². The number of methoxy groups -OCH3 is 2. The quantitative estimate of drug-likeness (QED) is 0.942. The number of rotatable bonds is 3. The van der Waals surface area contributed by atoms with Gasteiger partial charge in [-0.3, -0.25) is 4.79 Å². The van der Waals surface area contributed by atoms with Gasteiger partial charge in [-0.1, -0.05) is 6.58 Å². The van der Waals surface area contributed by atoms with Gasteiger partial charge in [0.05, 0.1) is 14.2 Å². The van der Waals surface area contributed by atoms with E-state index in [0.717, 1.165) is 11.1 Å². The highest BCUT2D eigenvalue weighted by Gasteiger charge is 2.27. The number of amides is 1. The average molecular weight is 325 g/mol. The standard InChI is InChI=1S/C19H19NO4/c1-12-16-11-18(24-3)17(23-2)10-14(16)8-9-20(12)19(22)13-4-6-15(21)7-5-13/h4-7,10-11,21H,1,8-9H2,2-3H3. The maximum atomic E-state index is 12.7. The van der Waals surface area contributed by atoms with Gasteiger partial charge in [0.15, 0.2) is 11.5 Å². The lowest BCUT2D eigenvalue weighted by Crippen LogP contribution is -2.34. The van der Waals surface area contributed by atoms with Crippen molar-refractivity contribution in [2.45, 2.75) is 6.42 Å². The van der Waals surface area contributed by atoms with Gasteiger partial charge in [-0.05, 0) is 48.4 Å². The second-order valence-corrected chi connectivity index (χ2v) is 5.56. The average Bonchev–Trinajstić information content (AvgIpc) is 2.61. The van der Waals surface area contributed by atoms with Gasteiger partial charge in [-0.2, -0.15) is 0 Å². The number of carbonyl (C=O) groups excluding carboxylic acids is 1. The van der Waals surface area contributed by atoms with E-state index in [-0.39, 0.29) is 11.7 Å². The number of ether oxygens (including phenoxy) is 2. The molecule has 24 heavy (non-hydrogen) atoms. The molecule has 1 aliphatic heterocycles. The van der Waals surface area contributed by atoms with E-state index in [1.807, 2.05) is 12.1 Å². The molecule has 0 radical (unpaired) electrons. The van der Waals surface area contributed by atoms with E-state index in [2.05, 4.69) is 6.58 Å². The Morgan fingerprint density at radius 1 is 1.12 bits per heavy atom. The van der Waals surface area contributed by atoms with E-state index in [0.29, 0.717) is 35.7 Å². The summed E-state index contributed by atoms with van der Waals surface area (Å²) in [5.41, 5.74) is 3.10. The van der Waals surface area contributed by atoms with Crippen molar-refractivity contribution < 1.29 is 19.4 Å². The maximum Gasteiger partial charge on any atom is 0.258 e.